The molecule has 7 nitrogen and oxygen atoms in total. The van der Waals surface area contributed by atoms with Gasteiger partial charge in [0.25, 0.3) is 5.89 Å². The lowest BCUT2D eigenvalue weighted by atomic mass is 10.1. The van der Waals surface area contributed by atoms with Gasteiger partial charge in [-0.05, 0) is 38.2 Å². The molecule has 0 saturated heterocycles. The zero-order chi connectivity index (χ0) is 19.9. The predicted octanol–water partition coefficient (Wildman–Crippen LogP) is 1.85. The van der Waals surface area contributed by atoms with Crippen molar-refractivity contribution in [1.82, 2.24) is 20.2 Å². The molecule has 0 bridgehead atoms. The molecule has 0 fully saturated rings. The fourth-order valence-electron chi connectivity index (χ4n) is 2.61. The zero-order valence-electron chi connectivity index (χ0n) is 16.2. The molecule has 0 atom stereocenters. The van der Waals surface area contributed by atoms with Crippen molar-refractivity contribution in [2.45, 2.75) is 6.42 Å². The maximum atomic E-state index is 12.3. The van der Waals surface area contributed by atoms with E-state index in [4.69, 9.17) is 9.15 Å². The summed E-state index contributed by atoms with van der Waals surface area (Å²) in [6, 6.07) is 7.26. The van der Waals surface area contributed by atoms with Crippen molar-refractivity contribution in [1.29, 1.82) is 0 Å². The van der Waals surface area contributed by atoms with E-state index >= 15 is 0 Å². The van der Waals surface area contributed by atoms with Gasteiger partial charge in [-0.25, -0.2) is 0 Å². The van der Waals surface area contributed by atoms with Crippen LogP contribution in [0.2, 0.25) is 0 Å². The number of likely N-dealkylation sites (N-methyl/N-ethyl adjacent to an activating group) is 1. The third-order valence-corrected chi connectivity index (χ3v) is 4.02. The lowest BCUT2D eigenvalue weighted by Crippen LogP contribution is -2.32. The second-order valence-corrected chi connectivity index (χ2v) is 6.45. The lowest BCUT2D eigenvalue weighted by molar-refractivity contribution is -0.120. The van der Waals surface area contributed by atoms with Crippen LogP contribution in [0.4, 0.5) is 0 Å². The van der Waals surface area contributed by atoms with E-state index in [1.54, 1.807) is 25.6 Å². The maximum Gasteiger partial charge on any atom is 0.274 e. The lowest BCUT2D eigenvalue weighted by Gasteiger charge is -2.10. The summed E-state index contributed by atoms with van der Waals surface area (Å²) in [5, 5.41) is 2.90. The normalized spacial score (nSPS) is 10.6. The van der Waals surface area contributed by atoms with Gasteiger partial charge in [-0.3, -0.25) is 9.78 Å². The van der Waals surface area contributed by atoms with Crippen molar-refractivity contribution in [3.63, 3.8) is 0 Å². The Morgan fingerprint density at radius 1 is 1.29 bits per heavy atom. The SMILES string of the molecule is COc1ccc(CC(=O)NCCN(C)C)c2oc(C#Cc3cccnc3)nc12. The topological polar surface area (TPSA) is 80.5 Å². The van der Waals surface area contributed by atoms with E-state index in [1.165, 1.54) is 0 Å². The van der Waals surface area contributed by atoms with Crippen molar-refractivity contribution >= 4 is 17.0 Å². The van der Waals surface area contributed by atoms with Crippen LogP contribution < -0.4 is 10.1 Å². The second kappa shape index (κ2) is 9.02. The van der Waals surface area contributed by atoms with Gasteiger partial charge < -0.3 is 19.4 Å². The zero-order valence-corrected chi connectivity index (χ0v) is 16.2. The van der Waals surface area contributed by atoms with E-state index in [9.17, 15) is 4.79 Å². The Kier molecular flexibility index (Phi) is 6.25. The molecule has 0 spiro atoms. The molecule has 0 unspecified atom stereocenters. The standard InChI is InChI=1S/C21H22N4O3/c1-25(2)12-11-23-18(26)13-16-7-8-17(27-3)20-21(16)28-19(24-20)9-6-15-5-4-10-22-14-15/h4-5,7-8,10,14H,11-13H2,1-3H3,(H,23,26). The first-order valence-electron chi connectivity index (χ1n) is 8.86. The Morgan fingerprint density at radius 3 is 2.86 bits per heavy atom. The van der Waals surface area contributed by atoms with E-state index in [-0.39, 0.29) is 18.2 Å². The fourth-order valence-corrected chi connectivity index (χ4v) is 2.61. The van der Waals surface area contributed by atoms with Crippen molar-refractivity contribution in [2.24, 2.45) is 0 Å². The molecule has 0 aliphatic carbocycles. The van der Waals surface area contributed by atoms with Crippen LogP contribution in [0.1, 0.15) is 17.0 Å². The minimum atomic E-state index is -0.0762. The molecule has 1 N–H and O–H groups in total. The Morgan fingerprint density at radius 2 is 2.14 bits per heavy atom. The summed E-state index contributed by atoms with van der Waals surface area (Å²) >= 11 is 0. The number of ether oxygens (including phenoxy) is 1. The molecule has 1 amide bonds. The monoisotopic (exact) mass is 378 g/mol. The van der Waals surface area contributed by atoms with Crippen LogP contribution in [0.3, 0.4) is 0 Å². The number of benzene rings is 1. The molecule has 0 aliphatic heterocycles. The van der Waals surface area contributed by atoms with Gasteiger partial charge in [0, 0.05) is 36.6 Å². The number of nitrogens with one attached hydrogen (secondary N) is 1. The quantitative estimate of drug-likeness (QED) is 0.660. The number of pyridine rings is 1. The first kappa shape index (κ1) is 19.4. The van der Waals surface area contributed by atoms with Crippen LogP contribution >= 0.6 is 0 Å². The summed E-state index contributed by atoms with van der Waals surface area (Å²) in [7, 11) is 5.49. The van der Waals surface area contributed by atoms with Gasteiger partial charge in [0.05, 0.1) is 13.5 Å². The van der Waals surface area contributed by atoms with E-state index < -0.39 is 0 Å². The number of methoxy groups -OCH3 is 1. The number of aromatic nitrogens is 2. The molecule has 0 radical (unpaired) electrons. The first-order chi connectivity index (χ1) is 13.6. The van der Waals surface area contributed by atoms with Crippen molar-refractivity contribution < 1.29 is 13.9 Å². The minimum absolute atomic E-state index is 0.0762. The third kappa shape index (κ3) is 4.87. The smallest absolute Gasteiger partial charge is 0.274 e. The molecule has 28 heavy (non-hydrogen) atoms. The summed E-state index contributed by atoms with van der Waals surface area (Å²) in [6.07, 6.45) is 3.55. The molecule has 7 heteroatoms. The summed E-state index contributed by atoms with van der Waals surface area (Å²) in [4.78, 5) is 22.7. The second-order valence-electron chi connectivity index (χ2n) is 6.45. The van der Waals surface area contributed by atoms with Crippen LogP contribution in [0.5, 0.6) is 5.75 Å². The summed E-state index contributed by atoms with van der Waals surface area (Å²) < 4.78 is 11.2. The van der Waals surface area contributed by atoms with Gasteiger partial charge >= 0.3 is 0 Å². The summed E-state index contributed by atoms with van der Waals surface area (Å²) in [5.41, 5.74) is 2.56. The highest BCUT2D eigenvalue weighted by molar-refractivity contribution is 5.88. The Bertz CT molecular complexity index is 1020. The molecule has 0 saturated carbocycles. The van der Waals surface area contributed by atoms with Crippen molar-refractivity contribution in [3.05, 3.63) is 53.7 Å². The Labute approximate surface area is 163 Å². The van der Waals surface area contributed by atoms with E-state index in [0.717, 1.165) is 17.7 Å². The average Bonchev–Trinajstić information content (AvgIpc) is 3.12. The van der Waals surface area contributed by atoms with Gasteiger partial charge in [0.2, 0.25) is 5.91 Å². The first-order valence-corrected chi connectivity index (χ1v) is 8.86. The Hall–Kier alpha value is -3.37. The van der Waals surface area contributed by atoms with Gasteiger partial charge in [-0.1, -0.05) is 12.0 Å². The van der Waals surface area contributed by atoms with Gasteiger partial charge in [-0.15, -0.1) is 0 Å². The van der Waals surface area contributed by atoms with E-state index in [1.807, 2.05) is 37.2 Å². The summed E-state index contributed by atoms with van der Waals surface area (Å²) in [5.74, 6) is 6.62. The van der Waals surface area contributed by atoms with Crippen molar-refractivity contribution in [3.8, 4) is 17.6 Å². The highest BCUT2D eigenvalue weighted by Crippen LogP contribution is 2.29. The van der Waals surface area contributed by atoms with Crippen LogP contribution in [0, 0.1) is 11.8 Å². The van der Waals surface area contributed by atoms with Gasteiger partial charge in [0.1, 0.15) is 5.75 Å². The highest BCUT2D eigenvalue weighted by atomic mass is 16.5. The maximum absolute atomic E-state index is 12.3. The molecular formula is C21H22N4O3. The number of amides is 1. The molecule has 2 aromatic heterocycles. The van der Waals surface area contributed by atoms with E-state index in [2.05, 4.69) is 27.1 Å². The van der Waals surface area contributed by atoms with Crippen LogP contribution in [0.25, 0.3) is 11.1 Å². The number of nitrogens with zero attached hydrogens (tertiary/aromatic N) is 3. The minimum Gasteiger partial charge on any atom is -0.494 e. The largest absolute Gasteiger partial charge is 0.494 e. The molecule has 3 aromatic rings. The van der Waals surface area contributed by atoms with Crippen molar-refractivity contribution in [2.75, 3.05) is 34.3 Å². The molecule has 0 aliphatic rings. The van der Waals surface area contributed by atoms with E-state index in [0.29, 0.717) is 23.4 Å². The number of rotatable bonds is 6. The third-order valence-electron chi connectivity index (χ3n) is 4.02. The molecule has 2 heterocycles. The fraction of sp³-hybridized carbons (Fsp3) is 0.286. The molecule has 3 rings (SSSR count). The Balaban J connectivity index is 1.85. The number of hydrogen-bond acceptors (Lipinski definition) is 6. The number of carbonyl (C=O) groups excluding carboxylic acids is 1. The highest BCUT2D eigenvalue weighted by Gasteiger charge is 2.16. The molecule has 144 valence electrons. The molecule has 1 aromatic carbocycles. The number of carbonyl (C=O) groups is 1. The van der Waals surface area contributed by atoms with Crippen LogP contribution in [-0.2, 0) is 11.2 Å². The number of fused-ring (bicyclic) bond motifs is 1. The van der Waals surface area contributed by atoms with Crippen LogP contribution in [-0.4, -0.2) is 55.1 Å². The van der Waals surface area contributed by atoms with Gasteiger partial charge in [-0.2, -0.15) is 4.98 Å². The average molecular weight is 378 g/mol. The number of oxazole rings is 1. The summed E-state index contributed by atoms with van der Waals surface area (Å²) in [6.45, 7) is 1.36. The number of hydrogen-bond donors (Lipinski definition) is 1. The van der Waals surface area contributed by atoms with Gasteiger partial charge in [0.15, 0.2) is 11.1 Å². The molecular weight excluding hydrogens is 356 g/mol. The predicted molar refractivity (Wildman–Crippen MR) is 106 cm³/mol. The van der Waals surface area contributed by atoms with Crippen LogP contribution in [0.15, 0.2) is 41.1 Å².